The summed E-state index contributed by atoms with van der Waals surface area (Å²) in [5.41, 5.74) is 5.70. The summed E-state index contributed by atoms with van der Waals surface area (Å²) in [6.45, 7) is 6.32. The molecule has 24 heavy (non-hydrogen) atoms. The van der Waals surface area contributed by atoms with Crippen molar-refractivity contribution in [2.45, 2.75) is 20.8 Å². The fourth-order valence-corrected chi connectivity index (χ4v) is 3.59. The second-order valence-electron chi connectivity index (χ2n) is 6.67. The van der Waals surface area contributed by atoms with Crippen LogP contribution in [0.3, 0.4) is 0 Å². The maximum Gasteiger partial charge on any atom is 0.124 e. The monoisotopic (exact) mass is 312 g/mol. The average Bonchev–Trinajstić information content (AvgIpc) is 2.56. The van der Waals surface area contributed by atoms with Crippen molar-refractivity contribution in [1.29, 1.82) is 0 Å². The Labute approximate surface area is 142 Å². The van der Waals surface area contributed by atoms with Gasteiger partial charge in [-0.1, -0.05) is 65.7 Å². The molecule has 0 atom stereocenters. The van der Waals surface area contributed by atoms with Crippen molar-refractivity contribution in [3.63, 3.8) is 0 Å². The van der Waals surface area contributed by atoms with Gasteiger partial charge in [0.15, 0.2) is 0 Å². The number of aryl methyl sites for hydroxylation is 3. The predicted octanol–water partition coefficient (Wildman–Crippen LogP) is 6.29. The van der Waals surface area contributed by atoms with Gasteiger partial charge >= 0.3 is 0 Å². The zero-order chi connectivity index (χ0) is 16.8. The minimum Gasteiger partial charge on any atom is -0.507 e. The van der Waals surface area contributed by atoms with Gasteiger partial charge in [-0.3, -0.25) is 0 Å². The van der Waals surface area contributed by atoms with Gasteiger partial charge in [-0.25, -0.2) is 0 Å². The molecule has 0 aliphatic carbocycles. The second kappa shape index (κ2) is 5.38. The van der Waals surface area contributed by atoms with Crippen LogP contribution in [0.4, 0.5) is 0 Å². The number of phenols is 1. The lowest BCUT2D eigenvalue weighted by molar-refractivity contribution is 0.478. The van der Waals surface area contributed by atoms with Crippen LogP contribution in [0, 0.1) is 20.8 Å². The molecule has 0 aliphatic heterocycles. The van der Waals surface area contributed by atoms with Crippen LogP contribution in [0.5, 0.6) is 5.75 Å². The van der Waals surface area contributed by atoms with E-state index in [1.807, 2.05) is 12.1 Å². The molecule has 4 aromatic carbocycles. The summed E-state index contributed by atoms with van der Waals surface area (Å²) in [6.07, 6.45) is 0. The van der Waals surface area contributed by atoms with Crippen molar-refractivity contribution >= 4 is 21.5 Å². The van der Waals surface area contributed by atoms with Crippen LogP contribution in [0.25, 0.3) is 32.7 Å². The van der Waals surface area contributed by atoms with E-state index in [1.165, 1.54) is 27.5 Å². The van der Waals surface area contributed by atoms with Gasteiger partial charge in [-0.05, 0) is 59.5 Å². The summed E-state index contributed by atoms with van der Waals surface area (Å²) in [5.74, 6) is 0.336. The van der Waals surface area contributed by atoms with Crippen LogP contribution in [-0.4, -0.2) is 5.11 Å². The molecule has 4 aromatic rings. The molecule has 118 valence electrons. The van der Waals surface area contributed by atoms with Crippen molar-refractivity contribution in [2.24, 2.45) is 0 Å². The van der Waals surface area contributed by atoms with Gasteiger partial charge in [-0.15, -0.1) is 0 Å². The third-order valence-corrected chi connectivity index (χ3v) is 4.79. The van der Waals surface area contributed by atoms with Gasteiger partial charge in [0, 0.05) is 5.56 Å². The maximum absolute atomic E-state index is 10.7. The third-order valence-electron chi connectivity index (χ3n) is 4.79. The van der Waals surface area contributed by atoms with Gasteiger partial charge in [0.2, 0.25) is 0 Å². The van der Waals surface area contributed by atoms with E-state index < -0.39 is 0 Å². The number of aromatic hydroxyl groups is 1. The van der Waals surface area contributed by atoms with E-state index in [4.69, 9.17) is 0 Å². The first-order valence-electron chi connectivity index (χ1n) is 8.27. The molecule has 0 amide bonds. The molecule has 0 saturated carbocycles. The molecule has 0 saturated heterocycles. The summed E-state index contributed by atoms with van der Waals surface area (Å²) in [7, 11) is 0. The highest BCUT2D eigenvalue weighted by molar-refractivity contribution is 6.08. The molecule has 4 rings (SSSR count). The van der Waals surface area contributed by atoms with Gasteiger partial charge in [-0.2, -0.15) is 0 Å². The molecule has 0 aromatic heterocycles. The molecule has 0 unspecified atom stereocenters. The molecule has 1 nitrogen and oxygen atoms in total. The zero-order valence-electron chi connectivity index (χ0n) is 14.2. The summed E-state index contributed by atoms with van der Waals surface area (Å²) in [6, 6.07) is 21.0. The molecular formula is C23H20O. The molecule has 0 heterocycles. The van der Waals surface area contributed by atoms with Crippen LogP contribution in [0.1, 0.15) is 16.7 Å². The Morgan fingerprint density at radius 3 is 1.75 bits per heavy atom. The van der Waals surface area contributed by atoms with Crippen LogP contribution in [-0.2, 0) is 0 Å². The lowest BCUT2D eigenvalue weighted by Gasteiger charge is -2.15. The lowest BCUT2D eigenvalue weighted by atomic mass is 9.89. The van der Waals surface area contributed by atoms with Gasteiger partial charge in [0.05, 0.1) is 0 Å². The summed E-state index contributed by atoms with van der Waals surface area (Å²) < 4.78 is 0. The molecule has 0 spiro atoms. The Morgan fingerprint density at radius 2 is 1.12 bits per heavy atom. The Morgan fingerprint density at radius 1 is 0.583 bits per heavy atom. The van der Waals surface area contributed by atoms with Gasteiger partial charge in [0.1, 0.15) is 5.75 Å². The van der Waals surface area contributed by atoms with Crippen LogP contribution < -0.4 is 0 Å². The molecule has 0 aliphatic rings. The lowest BCUT2D eigenvalue weighted by Crippen LogP contribution is -1.90. The highest BCUT2D eigenvalue weighted by atomic mass is 16.3. The van der Waals surface area contributed by atoms with Gasteiger partial charge < -0.3 is 5.11 Å². The topological polar surface area (TPSA) is 20.2 Å². The molecule has 0 bridgehead atoms. The summed E-state index contributed by atoms with van der Waals surface area (Å²) in [4.78, 5) is 0. The number of rotatable bonds is 1. The smallest absolute Gasteiger partial charge is 0.124 e. The Hall–Kier alpha value is -2.80. The van der Waals surface area contributed by atoms with E-state index in [0.29, 0.717) is 5.75 Å². The van der Waals surface area contributed by atoms with Crippen molar-refractivity contribution < 1.29 is 5.11 Å². The normalized spacial score (nSPS) is 11.3. The van der Waals surface area contributed by atoms with Crippen LogP contribution >= 0.6 is 0 Å². The number of benzene rings is 4. The largest absolute Gasteiger partial charge is 0.507 e. The van der Waals surface area contributed by atoms with Crippen molar-refractivity contribution in [3.05, 3.63) is 77.4 Å². The Kier molecular flexibility index (Phi) is 3.31. The molecule has 1 heteroatoms. The summed E-state index contributed by atoms with van der Waals surface area (Å²) in [5, 5.41) is 15.3. The van der Waals surface area contributed by atoms with E-state index in [1.54, 1.807) is 0 Å². The number of fused-ring (bicyclic) bond motifs is 2. The number of hydrogen-bond donors (Lipinski definition) is 1. The van der Waals surface area contributed by atoms with E-state index >= 15 is 0 Å². The van der Waals surface area contributed by atoms with Crippen molar-refractivity contribution in [1.82, 2.24) is 0 Å². The highest BCUT2D eigenvalue weighted by Gasteiger charge is 2.15. The minimum absolute atomic E-state index is 0.336. The van der Waals surface area contributed by atoms with Gasteiger partial charge in [0.25, 0.3) is 0 Å². The quantitative estimate of drug-likeness (QED) is 0.438. The first-order chi connectivity index (χ1) is 11.5. The first-order valence-corrected chi connectivity index (χ1v) is 8.27. The fraction of sp³-hybridized carbons (Fsp3) is 0.130. The predicted molar refractivity (Wildman–Crippen MR) is 103 cm³/mol. The third kappa shape index (κ3) is 2.25. The zero-order valence-corrected chi connectivity index (χ0v) is 14.2. The Bertz CT molecular complexity index is 1000. The van der Waals surface area contributed by atoms with E-state index in [9.17, 15) is 5.11 Å². The fourth-order valence-electron chi connectivity index (χ4n) is 3.59. The van der Waals surface area contributed by atoms with Crippen molar-refractivity contribution in [3.8, 4) is 16.9 Å². The average molecular weight is 312 g/mol. The summed E-state index contributed by atoms with van der Waals surface area (Å²) >= 11 is 0. The number of hydrogen-bond acceptors (Lipinski definition) is 1. The molecule has 0 radical (unpaired) electrons. The van der Waals surface area contributed by atoms with Crippen LogP contribution in [0.15, 0.2) is 60.7 Å². The van der Waals surface area contributed by atoms with E-state index in [2.05, 4.69) is 69.3 Å². The first kappa shape index (κ1) is 14.8. The van der Waals surface area contributed by atoms with Crippen molar-refractivity contribution in [2.75, 3.05) is 0 Å². The SMILES string of the molecule is Cc1ccc2c(-c3c(O)ccc4cc(C)ccc34)c(C)ccc2c1. The number of phenolic OH excluding ortho intramolecular Hbond substituents is 1. The minimum atomic E-state index is 0.336. The molecular weight excluding hydrogens is 292 g/mol. The van der Waals surface area contributed by atoms with Crippen LogP contribution in [0.2, 0.25) is 0 Å². The molecule has 0 fully saturated rings. The highest BCUT2D eigenvalue weighted by Crippen LogP contribution is 2.42. The standard InChI is InChI=1S/C23H20O/c1-14-4-9-19-17(12-14)7-6-16(3)22(19)23-20-10-5-15(2)13-18(20)8-11-21(23)24/h4-13,24H,1-3H3. The second-order valence-corrected chi connectivity index (χ2v) is 6.67. The van der Waals surface area contributed by atoms with E-state index in [-0.39, 0.29) is 0 Å². The Balaban J connectivity index is 2.17. The maximum atomic E-state index is 10.7. The molecule has 1 N–H and O–H groups in total. The van der Waals surface area contributed by atoms with E-state index in [0.717, 1.165) is 21.9 Å².